The smallest absolute Gasteiger partial charge is 0.480 e. The number of halogens is 1. The molecule has 0 heterocycles. The van der Waals surface area contributed by atoms with Crippen molar-refractivity contribution in [2.75, 3.05) is 0 Å². The van der Waals surface area contributed by atoms with Crippen LogP contribution in [0.2, 0.25) is 0 Å². The zero-order valence-corrected chi connectivity index (χ0v) is 9.35. The summed E-state index contributed by atoms with van der Waals surface area (Å²) in [6.07, 6.45) is -0.0150. The monoisotopic (exact) mass is 263 g/mol. The van der Waals surface area contributed by atoms with Crippen molar-refractivity contribution in [1.82, 2.24) is 0 Å². The van der Waals surface area contributed by atoms with Gasteiger partial charge in [0.25, 0.3) is 0 Å². The zero-order chi connectivity index (χ0) is 13.1. The van der Waals surface area contributed by atoms with Crippen molar-refractivity contribution >= 4 is 16.5 Å². The summed E-state index contributed by atoms with van der Waals surface area (Å²) in [5.41, 5.74) is 5.72. The molecule has 0 aliphatic heterocycles. The molecule has 1 atom stereocenters. The van der Waals surface area contributed by atoms with E-state index in [1.807, 2.05) is 0 Å². The second kappa shape index (κ2) is 5.11. The Morgan fingerprint density at radius 2 is 2.18 bits per heavy atom. The van der Waals surface area contributed by atoms with Gasteiger partial charge in [-0.05, 0) is 24.1 Å². The Balaban J connectivity index is 2.83. The van der Waals surface area contributed by atoms with Crippen molar-refractivity contribution in [3.8, 4) is 5.75 Å². The Hall–Kier alpha value is -1.67. The molecule has 0 aliphatic rings. The number of carbonyl (C=O) groups is 1. The van der Waals surface area contributed by atoms with E-state index in [2.05, 4.69) is 4.18 Å². The van der Waals surface area contributed by atoms with Gasteiger partial charge in [0.1, 0.15) is 11.8 Å². The van der Waals surface area contributed by atoms with Gasteiger partial charge in [-0.25, -0.2) is 0 Å². The Morgan fingerprint density at radius 1 is 1.53 bits per heavy atom. The topological polar surface area (TPSA) is 107 Å². The van der Waals surface area contributed by atoms with Crippen LogP contribution < -0.4 is 9.92 Å². The Kier molecular flexibility index (Phi) is 4.02. The van der Waals surface area contributed by atoms with Gasteiger partial charge in [-0.1, -0.05) is 16.0 Å². The van der Waals surface area contributed by atoms with E-state index in [0.29, 0.717) is 5.56 Å². The third kappa shape index (κ3) is 4.79. The summed E-state index contributed by atoms with van der Waals surface area (Å²) in [5.74, 6) is -1.42. The maximum Gasteiger partial charge on any atom is 0.488 e. The molecule has 1 aromatic rings. The van der Waals surface area contributed by atoms with Crippen molar-refractivity contribution in [3.63, 3.8) is 0 Å². The van der Waals surface area contributed by atoms with Gasteiger partial charge in [0.2, 0.25) is 0 Å². The summed E-state index contributed by atoms with van der Waals surface area (Å²) in [6.45, 7) is 0. The molecule has 0 amide bonds. The average Bonchev–Trinajstić information content (AvgIpc) is 2.15. The van der Waals surface area contributed by atoms with Crippen molar-refractivity contribution in [2.45, 2.75) is 12.5 Å². The normalized spacial score (nSPS) is 13.1. The largest absolute Gasteiger partial charge is 0.488 e. The van der Waals surface area contributed by atoms with E-state index in [1.54, 1.807) is 0 Å². The number of aliphatic carboxylic acids is 1. The highest BCUT2D eigenvalue weighted by Crippen LogP contribution is 2.16. The third-order valence-corrected chi connectivity index (χ3v) is 2.26. The number of hydrogen-bond acceptors (Lipinski definition) is 5. The minimum Gasteiger partial charge on any atom is -0.480 e. The fourth-order valence-electron chi connectivity index (χ4n) is 1.18. The molecular weight excluding hydrogens is 253 g/mol. The van der Waals surface area contributed by atoms with E-state index in [1.165, 1.54) is 24.3 Å². The van der Waals surface area contributed by atoms with Crippen LogP contribution in [0.4, 0.5) is 3.89 Å². The first-order valence-corrected chi connectivity index (χ1v) is 5.80. The van der Waals surface area contributed by atoms with Crippen molar-refractivity contribution < 1.29 is 26.4 Å². The van der Waals surface area contributed by atoms with Gasteiger partial charge in [0.15, 0.2) is 0 Å². The summed E-state index contributed by atoms with van der Waals surface area (Å²) >= 11 is 0. The molecule has 0 unspecified atom stereocenters. The highest BCUT2D eigenvalue weighted by molar-refractivity contribution is 7.81. The summed E-state index contributed by atoms with van der Waals surface area (Å²) in [5, 5.41) is 8.59. The molecule has 17 heavy (non-hydrogen) atoms. The second-order valence-electron chi connectivity index (χ2n) is 3.27. The van der Waals surface area contributed by atoms with Gasteiger partial charge in [0, 0.05) is 0 Å². The molecular formula is C9H10FNO5S. The fourth-order valence-corrected chi connectivity index (χ4v) is 1.51. The van der Waals surface area contributed by atoms with Gasteiger partial charge in [0.05, 0.1) is 0 Å². The second-order valence-corrected chi connectivity index (χ2v) is 4.23. The molecule has 94 valence electrons. The van der Waals surface area contributed by atoms with Crippen LogP contribution in [0, 0.1) is 0 Å². The maximum absolute atomic E-state index is 12.2. The molecule has 3 N–H and O–H groups in total. The number of rotatable bonds is 5. The van der Waals surface area contributed by atoms with Crippen molar-refractivity contribution in [3.05, 3.63) is 29.8 Å². The highest BCUT2D eigenvalue weighted by atomic mass is 32.3. The van der Waals surface area contributed by atoms with Crippen LogP contribution >= 0.6 is 0 Å². The minimum atomic E-state index is -5.09. The lowest BCUT2D eigenvalue weighted by Gasteiger charge is -2.07. The summed E-state index contributed by atoms with van der Waals surface area (Å²) in [4.78, 5) is 10.5. The van der Waals surface area contributed by atoms with E-state index in [-0.39, 0.29) is 12.2 Å². The lowest BCUT2D eigenvalue weighted by atomic mass is 10.1. The number of nitrogens with two attached hydrogens (primary N) is 1. The fraction of sp³-hybridized carbons (Fsp3) is 0.222. The molecule has 0 saturated carbocycles. The average molecular weight is 263 g/mol. The van der Waals surface area contributed by atoms with Crippen LogP contribution in [-0.2, 0) is 21.7 Å². The van der Waals surface area contributed by atoms with E-state index >= 15 is 0 Å². The summed E-state index contributed by atoms with van der Waals surface area (Å²) < 4.78 is 36.7. The quantitative estimate of drug-likeness (QED) is 0.737. The third-order valence-electron chi connectivity index (χ3n) is 1.87. The lowest BCUT2D eigenvalue weighted by molar-refractivity contribution is -0.138. The van der Waals surface area contributed by atoms with Crippen molar-refractivity contribution in [2.24, 2.45) is 5.73 Å². The molecule has 0 bridgehead atoms. The van der Waals surface area contributed by atoms with Gasteiger partial charge >= 0.3 is 16.5 Å². The molecule has 0 saturated heterocycles. The Morgan fingerprint density at radius 3 is 2.71 bits per heavy atom. The summed E-state index contributed by atoms with van der Waals surface area (Å²) in [7, 11) is -5.09. The molecule has 0 aliphatic carbocycles. The molecule has 1 rings (SSSR count). The highest BCUT2D eigenvalue weighted by Gasteiger charge is 2.14. The predicted molar refractivity (Wildman–Crippen MR) is 56.4 cm³/mol. The van der Waals surface area contributed by atoms with Crippen LogP contribution in [0.5, 0.6) is 5.75 Å². The molecule has 0 spiro atoms. The molecule has 8 heteroatoms. The zero-order valence-electron chi connectivity index (χ0n) is 8.54. The summed E-state index contributed by atoms with van der Waals surface area (Å²) in [6, 6.07) is 4.25. The van der Waals surface area contributed by atoms with Gasteiger partial charge in [-0.2, -0.15) is 8.42 Å². The van der Waals surface area contributed by atoms with Crippen LogP contribution in [0.3, 0.4) is 0 Å². The Labute approximate surface area is 97.2 Å². The number of benzene rings is 1. The van der Waals surface area contributed by atoms with Crippen LogP contribution in [0.1, 0.15) is 5.56 Å². The first kappa shape index (κ1) is 13.4. The van der Waals surface area contributed by atoms with E-state index in [0.717, 1.165) is 0 Å². The maximum atomic E-state index is 12.2. The van der Waals surface area contributed by atoms with Crippen molar-refractivity contribution in [1.29, 1.82) is 0 Å². The van der Waals surface area contributed by atoms with E-state index in [9.17, 15) is 17.1 Å². The minimum absolute atomic E-state index is 0.0150. The standard InChI is InChI=1S/C9H10FNO5S/c10-17(14,15)16-7-3-1-2-6(4-7)5-8(11)9(12)13/h1-4,8H,5,11H2,(H,12,13)/t8-/m1/s1. The first-order valence-electron chi connectivity index (χ1n) is 4.49. The molecule has 6 nitrogen and oxygen atoms in total. The van der Waals surface area contributed by atoms with Crippen LogP contribution in [-0.4, -0.2) is 25.5 Å². The number of carboxylic acid groups (broad SMARTS) is 1. The van der Waals surface area contributed by atoms with Crippen LogP contribution in [0.25, 0.3) is 0 Å². The number of carboxylic acids is 1. The van der Waals surface area contributed by atoms with Gasteiger partial charge in [-0.3, -0.25) is 4.79 Å². The molecule has 1 aromatic carbocycles. The predicted octanol–water partition coefficient (Wildman–Crippen LogP) is 0.234. The van der Waals surface area contributed by atoms with E-state index < -0.39 is 22.5 Å². The molecule has 0 fully saturated rings. The van der Waals surface area contributed by atoms with E-state index in [4.69, 9.17) is 10.8 Å². The first-order chi connectivity index (χ1) is 7.78. The number of hydrogen-bond donors (Lipinski definition) is 2. The lowest BCUT2D eigenvalue weighted by Crippen LogP contribution is -2.32. The molecule has 0 radical (unpaired) electrons. The molecule has 0 aromatic heterocycles. The van der Waals surface area contributed by atoms with Crippen LogP contribution in [0.15, 0.2) is 24.3 Å². The Bertz CT molecular complexity index is 516. The van der Waals surface area contributed by atoms with Gasteiger partial charge in [-0.15, -0.1) is 0 Å². The SMILES string of the molecule is N[C@H](Cc1cccc(OS(=O)(=O)F)c1)C(=O)O. The van der Waals surface area contributed by atoms with Gasteiger partial charge < -0.3 is 15.0 Å².